The van der Waals surface area contributed by atoms with Crippen molar-refractivity contribution in [2.75, 3.05) is 27.2 Å². The quantitative estimate of drug-likeness (QED) is 0.282. The topological polar surface area (TPSA) is 68.3 Å². The van der Waals surface area contributed by atoms with E-state index in [-0.39, 0.29) is 29.4 Å². The molecule has 40 heavy (non-hydrogen) atoms. The van der Waals surface area contributed by atoms with Crippen LogP contribution < -0.4 is 14.2 Å². The number of likely N-dealkylation sites (N-methyl/N-ethyl adjacent to an activating group) is 1. The van der Waals surface area contributed by atoms with Crippen molar-refractivity contribution in [3.05, 3.63) is 59.2 Å². The summed E-state index contributed by atoms with van der Waals surface area (Å²) in [5.41, 5.74) is 2.96. The van der Waals surface area contributed by atoms with Gasteiger partial charge in [0.1, 0.15) is 11.9 Å². The fourth-order valence-corrected chi connectivity index (χ4v) is 8.08. The number of carbonyl (C=O) groups excluding carboxylic acids is 2. The lowest BCUT2D eigenvalue weighted by Gasteiger charge is -2.60. The molecule has 0 unspecified atom stereocenters. The van der Waals surface area contributed by atoms with E-state index in [1.165, 1.54) is 6.92 Å². The molecule has 1 saturated heterocycles. The second-order valence-electron chi connectivity index (χ2n) is 12.3. The van der Waals surface area contributed by atoms with Gasteiger partial charge in [0, 0.05) is 48.2 Å². The summed E-state index contributed by atoms with van der Waals surface area (Å²) in [6, 6.07) is 12.0. The van der Waals surface area contributed by atoms with Gasteiger partial charge < -0.3 is 24.0 Å². The van der Waals surface area contributed by atoms with Crippen molar-refractivity contribution in [3.63, 3.8) is 0 Å². The zero-order chi connectivity index (χ0) is 28.2. The molecule has 2 heterocycles. The average molecular weight is 545 g/mol. The van der Waals surface area contributed by atoms with Crippen molar-refractivity contribution < 1.29 is 23.8 Å². The second kappa shape index (κ2) is 10.3. The summed E-state index contributed by atoms with van der Waals surface area (Å²) in [6.07, 6.45) is 7.08. The van der Waals surface area contributed by atoms with Crippen LogP contribution in [-0.4, -0.2) is 67.1 Å². The van der Waals surface area contributed by atoms with Gasteiger partial charge in [0.2, 0.25) is 5.91 Å². The zero-order valence-electron chi connectivity index (χ0n) is 24.2. The highest BCUT2D eigenvalue weighted by Crippen LogP contribution is 2.65. The fraction of sp³-hybridized carbons (Fsp3) is 0.515. The lowest BCUT2D eigenvalue weighted by atomic mass is 9.51. The number of carbonyl (C=O) groups is 2. The van der Waals surface area contributed by atoms with Crippen molar-refractivity contribution in [1.82, 2.24) is 9.80 Å². The Morgan fingerprint density at radius 1 is 1.20 bits per heavy atom. The Labute approximate surface area is 237 Å². The van der Waals surface area contributed by atoms with Gasteiger partial charge in [-0.1, -0.05) is 44.2 Å². The number of esters is 1. The molecule has 5 atom stereocenters. The zero-order valence-corrected chi connectivity index (χ0v) is 24.2. The fourth-order valence-electron chi connectivity index (χ4n) is 8.08. The van der Waals surface area contributed by atoms with Gasteiger partial charge in [0.25, 0.3) is 0 Å². The summed E-state index contributed by atoms with van der Waals surface area (Å²) in [4.78, 5) is 30.5. The van der Waals surface area contributed by atoms with Crippen LogP contribution in [0.25, 0.3) is 6.08 Å². The normalized spacial score (nSPS) is 28.2. The van der Waals surface area contributed by atoms with E-state index in [9.17, 15) is 9.59 Å². The third-order valence-electron chi connectivity index (χ3n) is 9.57. The van der Waals surface area contributed by atoms with Gasteiger partial charge in [0.05, 0.1) is 13.2 Å². The predicted octanol–water partition coefficient (Wildman–Crippen LogP) is 4.86. The van der Waals surface area contributed by atoms with Crippen LogP contribution in [0.15, 0.2) is 42.5 Å². The first-order valence-corrected chi connectivity index (χ1v) is 14.6. The number of methoxy groups -OCH3 is 1. The van der Waals surface area contributed by atoms with Crippen molar-refractivity contribution >= 4 is 18.0 Å². The minimum atomic E-state index is -0.340. The number of rotatable bonds is 7. The first-order chi connectivity index (χ1) is 19.2. The molecule has 0 aromatic heterocycles. The van der Waals surface area contributed by atoms with E-state index in [0.29, 0.717) is 35.9 Å². The highest BCUT2D eigenvalue weighted by Gasteiger charge is 2.67. The molecule has 0 N–H and O–H groups in total. The van der Waals surface area contributed by atoms with E-state index in [1.54, 1.807) is 13.2 Å². The lowest BCUT2D eigenvalue weighted by Crippen LogP contribution is -2.68. The monoisotopic (exact) mass is 544 g/mol. The Bertz CT molecular complexity index is 1340. The number of ether oxygens (including phenoxy) is 3. The van der Waals surface area contributed by atoms with E-state index in [2.05, 4.69) is 30.7 Å². The Morgan fingerprint density at radius 3 is 2.67 bits per heavy atom. The maximum absolute atomic E-state index is 13.9. The second-order valence-corrected chi connectivity index (χ2v) is 12.3. The Kier molecular flexibility index (Phi) is 6.89. The van der Waals surface area contributed by atoms with Crippen LogP contribution in [0.3, 0.4) is 0 Å². The standard InChI is InChI=1S/C33H40N2O5/c1-20(2)19-35(29(37)14-11-22-9-7-6-8-10-22)25-13-12-24-26-17-23-27(39-21(3)36)18-28(38-5)31-30(23)33(24,32(25)40-31)15-16-34(26)4/h6-11,14,18,20,24-26,32H,12-13,15-17,19H2,1-5H3/t24-,25+,26+,32-,33-/m0/s1. The molecule has 2 aromatic carbocycles. The lowest BCUT2D eigenvalue weighted by molar-refractivity contribution is -0.138. The molecule has 7 heteroatoms. The van der Waals surface area contributed by atoms with E-state index in [0.717, 1.165) is 54.7 Å². The molecule has 1 amide bonds. The van der Waals surface area contributed by atoms with Crippen LogP contribution >= 0.6 is 0 Å². The molecule has 2 aromatic rings. The average Bonchev–Trinajstić information content (AvgIpc) is 3.28. The molecule has 4 aliphatic rings. The van der Waals surface area contributed by atoms with Crippen LogP contribution in [0.2, 0.25) is 0 Å². The first-order valence-electron chi connectivity index (χ1n) is 14.6. The predicted molar refractivity (Wildman–Crippen MR) is 154 cm³/mol. The molecule has 1 saturated carbocycles. The van der Waals surface area contributed by atoms with Crippen LogP contribution in [0.5, 0.6) is 17.2 Å². The maximum atomic E-state index is 13.9. The molecule has 2 fully saturated rings. The van der Waals surface area contributed by atoms with Gasteiger partial charge in [-0.2, -0.15) is 0 Å². The molecule has 2 aliphatic carbocycles. The molecule has 7 nitrogen and oxygen atoms in total. The Balaban J connectivity index is 1.45. The number of piperidine rings is 1. The summed E-state index contributed by atoms with van der Waals surface area (Å²) >= 11 is 0. The number of hydrogen-bond acceptors (Lipinski definition) is 6. The number of likely N-dealkylation sites (tertiary alicyclic amines) is 1. The summed E-state index contributed by atoms with van der Waals surface area (Å²) in [7, 11) is 3.84. The van der Waals surface area contributed by atoms with E-state index < -0.39 is 0 Å². The number of hydrogen-bond donors (Lipinski definition) is 0. The largest absolute Gasteiger partial charge is 0.493 e. The summed E-state index contributed by atoms with van der Waals surface area (Å²) in [6.45, 7) is 7.38. The van der Waals surface area contributed by atoms with Gasteiger partial charge in [-0.05, 0) is 62.8 Å². The number of benzene rings is 2. The van der Waals surface area contributed by atoms with Crippen LogP contribution in [0.4, 0.5) is 0 Å². The van der Waals surface area contributed by atoms with Crippen molar-refractivity contribution in [2.45, 2.75) is 70.1 Å². The summed E-state index contributed by atoms with van der Waals surface area (Å²) in [5, 5.41) is 0. The molecule has 212 valence electrons. The Morgan fingerprint density at radius 2 is 1.98 bits per heavy atom. The SMILES string of the molecule is COc1cc(OC(C)=O)c2c3c1O[C@H]1[C@H](N(CC(C)C)C(=O)C=Cc4ccccc4)CC[C@H]4[C@@H](C2)N(C)CC[C@@]341. The molecule has 6 rings (SSSR count). The molecule has 2 aliphatic heterocycles. The Hall–Kier alpha value is -3.32. The molecular formula is C33H40N2O5. The first kappa shape index (κ1) is 26.9. The van der Waals surface area contributed by atoms with Crippen molar-refractivity contribution in [1.29, 1.82) is 0 Å². The van der Waals surface area contributed by atoms with Crippen LogP contribution in [-0.2, 0) is 21.4 Å². The smallest absolute Gasteiger partial charge is 0.308 e. The van der Waals surface area contributed by atoms with Crippen molar-refractivity contribution in [2.24, 2.45) is 11.8 Å². The molecule has 0 radical (unpaired) electrons. The summed E-state index contributed by atoms with van der Waals surface area (Å²) < 4.78 is 18.6. The third kappa shape index (κ3) is 4.21. The molecular weight excluding hydrogens is 504 g/mol. The van der Waals surface area contributed by atoms with Crippen LogP contribution in [0.1, 0.15) is 56.7 Å². The van der Waals surface area contributed by atoms with Gasteiger partial charge in [-0.15, -0.1) is 0 Å². The minimum absolute atomic E-state index is 0.0186. The van der Waals surface area contributed by atoms with E-state index in [4.69, 9.17) is 14.2 Å². The summed E-state index contributed by atoms with van der Waals surface area (Å²) in [5.74, 6) is 2.33. The molecule has 2 bridgehead atoms. The number of nitrogens with zero attached hydrogens (tertiary/aromatic N) is 2. The van der Waals surface area contributed by atoms with Gasteiger partial charge >= 0.3 is 5.97 Å². The van der Waals surface area contributed by atoms with E-state index in [1.807, 2.05) is 42.5 Å². The number of amides is 1. The van der Waals surface area contributed by atoms with Gasteiger partial charge in [-0.3, -0.25) is 9.59 Å². The highest BCUT2D eigenvalue weighted by atomic mass is 16.5. The van der Waals surface area contributed by atoms with Gasteiger partial charge in [-0.25, -0.2) is 0 Å². The van der Waals surface area contributed by atoms with Gasteiger partial charge in [0.15, 0.2) is 11.5 Å². The maximum Gasteiger partial charge on any atom is 0.308 e. The van der Waals surface area contributed by atoms with Crippen molar-refractivity contribution in [3.8, 4) is 17.2 Å². The highest BCUT2D eigenvalue weighted by molar-refractivity contribution is 5.92. The van der Waals surface area contributed by atoms with E-state index >= 15 is 0 Å². The van der Waals surface area contributed by atoms with Crippen LogP contribution in [0, 0.1) is 11.8 Å². The minimum Gasteiger partial charge on any atom is -0.493 e. The molecule has 1 spiro atoms. The third-order valence-corrected chi connectivity index (χ3v) is 9.57.